The topological polar surface area (TPSA) is 55.1 Å². The van der Waals surface area contributed by atoms with Crippen LogP contribution in [0.5, 0.6) is 0 Å². The summed E-state index contributed by atoms with van der Waals surface area (Å²) in [4.78, 5) is 12.4. The number of hydrogen-bond acceptors (Lipinski definition) is 2. The van der Waals surface area contributed by atoms with Crippen LogP contribution in [0.15, 0.2) is 66.7 Å². The first kappa shape index (κ1) is 17.8. The Kier molecular flexibility index (Phi) is 5.39. The van der Waals surface area contributed by atoms with Crippen LogP contribution in [0.3, 0.4) is 0 Å². The fourth-order valence-electron chi connectivity index (χ4n) is 2.66. The Hall–Kier alpha value is -3.05. The Morgan fingerprint density at radius 1 is 0.769 bits per heavy atom. The summed E-state index contributed by atoms with van der Waals surface area (Å²) in [6, 6.07) is 17.5. The molecule has 0 atom stereocenters. The maximum atomic E-state index is 13.2. The van der Waals surface area contributed by atoms with Crippen LogP contribution in [0, 0.1) is 11.6 Å². The van der Waals surface area contributed by atoms with E-state index in [0.29, 0.717) is 18.7 Å². The van der Waals surface area contributed by atoms with Crippen molar-refractivity contribution in [2.75, 3.05) is 13.1 Å². The van der Waals surface area contributed by atoms with Crippen molar-refractivity contribution in [2.45, 2.75) is 0 Å². The predicted octanol–water partition coefficient (Wildman–Crippen LogP) is 3.99. The summed E-state index contributed by atoms with van der Waals surface area (Å²) in [6.07, 6.45) is 0. The molecule has 3 N–H and O–H groups in total. The minimum atomic E-state index is -0.329. The summed E-state index contributed by atoms with van der Waals surface area (Å²) in [5.74, 6) is -0.906. The van der Waals surface area contributed by atoms with E-state index in [2.05, 4.69) is 5.32 Å². The van der Waals surface area contributed by atoms with Crippen LogP contribution in [0.2, 0.25) is 0 Å². The molecule has 0 aliphatic rings. The molecule has 0 saturated carbocycles. The number of hydrogen-bond donors (Lipinski definition) is 2. The number of rotatable bonds is 5. The molecule has 0 saturated heterocycles. The highest BCUT2D eigenvalue weighted by molar-refractivity contribution is 5.97. The molecule has 0 spiro atoms. The third-order valence-electron chi connectivity index (χ3n) is 3.98. The van der Waals surface area contributed by atoms with E-state index >= 15 is 0 Å². The average Bonchev–Trinajstić information content (AvgIpc) is 2.67. The summed E-state index contributed by atoms with van der Waals surface area (Å²) >= 11 is 0. The Bertz CT molecular complexity index is 843. The van der Waals surface area contributed by atoms with E-state index in [1.54, 1.807) is 36.4 Å². The minimum absolute atomic E-state index is 0.247. The van der Waals surface area contributed by atoms with Gasteiger partial charge in [0.05, 0.1) is 0 Å². The van der Waals surface area contributed by atoms with Crippen molar-refractivity contribution in [1.29, 1.82) is 0 Å². The normalized spacial score (nSPS) is 10.6. The van der Waals surface area contributed by atoms with Crippen molar-refractivity contribution in [3.8, 4) is 22.3 Å². The molecule has 5 heteroatoms. The molecule has 0 radical (unpaired) electrons. The molecule has 3 nitrogen and oxygen atoms in total. The summed E-state index contributed by atoms with van der Waals surface area (Å²) < 4.78 is 26.4. The average molecular weight is 352 g/mol. The quantitative estimate of drug-likeness (QED) is 0.730. The van der Waals surface area contributed by atoms with Crippen LogP contribution in [-0.4, -0.2) is 19.0 Å². The summed E-state index contributed by atoms with van der Waals surface area (Å²) in [6.45, 7) is 0.708. The maximum absolute atomic E-state index is 13.2. The van der Waals surface area contributed by atoms with Gasteiger partial charge in [0, 0.05) is 18.7 Å². The lowest BCUT2D eigenvalue weighted by atomic mass is 9.96. The van der Waals surface area contributed by atoms with Gasteiger partial charge in [-0.05, 0) is 64.7 Å². The molecular formula is C21H18F2N2O. The third-order valence-corrected chi connectivity index (χ3v) is 3.98. The van der Waals surface area contributed by atoms with Gasteiger partial charge in [-0.1, -0.05) is 24.3 Å². The molecule has 3 aromatic rings. The van der Waals surface area contributed by atoms with Crippen LogP contribution in [0.1, 0.15) is 10.4 Å². The second-order valence-corrected chi connectivity index (χ2v) is 5.86. The lowest BCUT2D eigenvalue weighted by Gasteiger charge is -2.11. The molecular weight excluding hydrogens is 334 g/mol. The van der Waals surface area contributed by atoms with Gasteiger partial charge in [0.2, 0.25) is 0 Å². The molecule has 3 rings (SSSR count). The SMILES string of the molecule is NCCNC(=O)c1cc(-c2ccc(F)cc2)cc(-c2ccc(F)cc2)c1. The first-order chi connectivity index (χ1) is 12.6. The van der Waals surface area contributed by atoms with E-state index in [0.717, 1.165) is 22.3 Å². The molecule has 132 valence electrons. The fourth-order valence-corrected chi connectivity index (χ4v) is 2.66. The Labute approximate surface area is 150 Å². The highest BCUT2D eigenvalue weighted by Gasteiger charge is 2.11. The number of amides is 1. The predicted molar refractivity (Wildman–Crippen MR) is 98.6 cm³/mol. The van der Waals surface area contributed by atoms with Crippen molar-refractivity contribution >= 4 is 5.91 Å². The number of halogens is 2. The van der Waals surface area contributed by atoms with Crippen molar-refractivity contribution in [3.05, 3.63) is 83.9 Å². The van der Waals surface area contributed by atoms with Crippen LogP contribution in [0.4, 0.5) is 8.78 Å². The molecule has 0 aromatic heterocycles. The summed E-state index contributed by atoms with van der Waals surface area (Å²) in [7, 11) is 0. The van der Waals surface area contributed by atoms with E-state index in [-0.39, 0.29) is 17.5 Å². The molecule has 0 bridgehead atoms. The smallest absolute Gasteiger partial charge is 0.251 e. The van der Waals surface area contributed by atoms with Gasteiger partial charge in [0.1, 0.15) is 11.6 Å². The summed E-state index contributed by atoms with van der Waals surface area (Å²) in [5, 5.41) is 2.74. The Morgan fingerprint density at radius 3 is 1.65 bits per heavy atom. The van der Waals surface area contributed by atoms with E-state index in [1.807, 2.05) is 6.07 Å². The Morgan fingerprint density at radius 2 is 1.23 bits per heavy atom. The van der Waals surface area contributed by atoms with Gasteiger partial charge in [-0.3, -0.25) is 4.79 Å². The number of carbonyl (C=O) groups excluding carboxylic acids is 1. The van der Waals surface area contributed by atoms with Gasteiger partial charge in [-0.25, -0.2) is 8.78 Å². The van der Waals surface area contributed by atoms with Crippen molar-refractivity contribution in [1.82, 2.24) is 5.32 Å². The van der Waals surface area contributed by atoms with Gasteiger partial charge < -0.3 is 11.1 Å². The van der Waals surface area contributed by atoms with E-state index in [1.165, 1.54) is 24.3 Å². The first-order valence-electron chi connectivity index (χ1n) is 8.22. The van der Waals surface area contributed by atoms with Crippen LogP contribution in [-0.2, 0) is 0 Å². The lowest BCUT2D eigenvalue weighted by Crippen LogP contribution is -2.29. The van der Waals surface area contributed by atoms with E-state index in [9.17, 15) is 13.6 Å². The van der Waals surface area contributed by atoms with Gasteiger partial charge in [-0.15, -0.1) is 0 Å². The lowest BCUT2D eigenvalue weighted by molar-refractivity contribution is 0.0955. The van der Waals surface area contributed by atoms with E-state index < -0.39 is 0 Å². The highest BCUT2D eigenvalue weighted by atomic mass is 19.1. The highest BCUT2D eigenvalue weighted by Crippen LogP contribution is 2.29. The molecule has 0 aliphatic heterocycles. The zero-order valence-corrected chi connectivity index (χ0v) is 14.0. The zero-order chi connectivity index (χ0) is 18.5. The molecule has 0 unspecified atom stereocenters. The molecule has 0 aliphatic carbocycles. The van der Waals surface area contributed by atoms with Gasteiger partial charge in [0.25, 0.3) is 5.91 Å². The number of benzene rings is 3. The van der Waals surface area contributed by atoms with Gasteiger partial charge >= 0.3 is 0 Å². The standard InChI is InChI=1S/C21H18F2N2O/c22-19-5-1-14(2-6-19)16-11-17(15-3-7-20(23)8-4-15)13-18(12-16)21(26)25-10-9-24/h1-8,11-13H,9-10,24H2,(H,25,26). The van der Waals surface area contributed by atoms with Crippen LogP contribution < -0.4 is 11.1 Å². The first-order valence-corrected chi connectivity index (χ1v) is 8.22. The van der Waals surface area contributed by atoms with Crippen molar-refractivity contribution in [3.63, 3.8) is 0 Å². The van der Waals surface area contributed by atoms with Crippen LogP contribution in [0.25, 0.3) is 22.3 Å². The number of nitrogens with two attached hydrogens (primary N) is 1. The fraction of sp³-hybridized carbons (Fsp3) is 0.0952. The minimum Gasteiger partial charge on any atom is -0.351 e. The summed E-state index contributed by atoms with van der Waals surface area (Å²) in [5.41, 5.74) is 9.00. The number of carbonyl (C=O) groups is 1. The Balaban J connectivity index is 2.08. The second kappa shape index (κ2) is 7.89. The van der Waals surface area contributed by atoms with Crippen molar-refractivity contribution in [2.24, 2.45) is 5.73 Å². The van der Waals surface area contributed by atoms with Crippen LogP contribution >= 0.6 is 0 Å². The zero-order valence-electron chi connectivity index (χ0n) is 14.0. The van der Waals surface area contributed by atoms with Gasteiger partial charge in [-0.2, -0.15) is 0 Å². The molecule has 1 amide bonds. The third kappa shape index (κ3) is 4.13. The van der Waals surface area contributed by atoms with Gasteiger partial charge in [0.15, 0.2) is 0 Å². The monoisotopic (exact) mass is 352 g/mol. The molecule has 26 heavy (non-hydrogen) atoms. The molecule has 3 aromatic carbocycles. The maximum Gasteiger partial charge on any atom is 0.251 e. The largest absolute Gasteiger partial charge is 0.351 e. The number of nitrogens with one attached hydrogen (secondary N) is 1. The van der Waals surface area contributed by atoms with E-state index in [4.69, 9.17) is 5.73 Å². The molecule has 0 fully saturated rings. The van der Waals surface area contributed by atoms with Crippen molar-refractivity contribution < 1.29 is 13.6 Å². The second-order valence-electron chi connectivity index (χ2n) is 5.86. The molecule has 0 heterocycles.